The first-order valence-corrected chi connectivity index (χ1v) is 5.76. The smallest absolute Gasteiger partial charge is 0.242 e. The Morgan fingerprint density at radius 2 is 2.44 bits per heavy atom. The van der Waals surface area contributed by atoms with Crippen molar-refractivity contribution in [3.8, 4) is 0 Å². The molecule has 1 amide bonds. The number of ether oxygens (including phenoxy) is 1. The first-order chi connectivity index (χ1) is 8.61. The van der Waals surface area contributed by atoms with Gasteiger partial charge in [0.2, 0.25) is 5.91 Å². The number of amides is 1. The van der Waals surface area contributed by atoms with E-state index in [1.807, 2.05) is 0 Å². The molecule has 1 heterocycles. The summed E-state index contributed by atoms with van der Waals surface area (Å²) < 4.78 is 6.51. The zero-order valence-electron chi connectivity index (χ0n) is 10.7. The van der Waals surface area contributed by atoms with E-state index in [1.165, 1.54) is 6.33 Å². The lowest BCUT2D eigenvalue weighted by Crippen LogP contribution is -2.34. The Bertz CT molecular complexity index is 380. The molecule has 0 radical (unpaired) electrons. The van der Waals surface area contributed by atoms with Crippen LogP contribution in [-0.4, -0.2) is 47.4 Å². The lowest BCUT2D eigenvalue weighted by molar-refractivity contribution is -0.124. The third-order valence-electron chi connectivity index (χ3n) is 2.67. The maximum absolute atomic E-state index is 11.9. The van der Waals surface area contributed by atoms with Gasteiger partial charge in [-0.2, -0.15) is 0 Å². The van der Waals surface area contributed by atoms with E-state index in [0.717, 1.165) is 0 Å². The first-order valence-electron chi connectivity index (χ1n) is 5.76. The number of nitrogens with two attached hydrogens (primary N) is 1. The molecule has 0 saturated heterocycles. The number of rotatable bonds is 7. The van der Waals surface area contributed by atoms with Gasteiger partial charge in [0.15, 0.2) is 0 Å². The van der Waals surface area contributed by atoms with Crippen LogP contribution in [0.25, 0.3) is 0 Å². The average Bonchev–Trinajstić information content (AvgIpc) is 2.86. The van der Waals surface area contributed by atoms with Crippen LogP contribution in [0.2, 0.25) is 0 Å². The number of hydrogen-bond donors (Lipinski definition) is 3. The molecule has 0 saturated carbocycles. The molecular weight excluding hydrogens is 236 g/mol. The number of aromatic nitrogens is 2. The van der Waals surface area contributed by atoms with Gasteiger partial charge in [0, 0.05) is 19.9 Å². The molecule has 2 unspecified atom stereocenters. The molecule has 0 fully saturated rings. The monoisotopic (exact) mass is 256 g/mol. The van der Waals surface area contributed by atoms with Gasteiger partial charge < -0.3 is 25.5 Å². The number of nitrogens with one attached hydrogen (secondary N) is 1. The second-order valence-corrected chi connectivity index (χ2v) is 3.97. The van der Waals surface area contributed by atoms with Crippen LogP contribution in [0.5, 0.6) is 0 Å². The summed E-state index contributed by atoms with van der Waals surface area (Å²) in [6, 6.07) is -0.973. The van der Waals surface area contributed by atoms with Crippen molar-refractivity contribution in [3.63, 3.8) is 0 Å². The first kappa shape index (κ1) is 14.6. The lowest BCUT2D eigenvalue weighted by atomic mass is 10.2. The molecule has 7 heteroatoms. The topological polar surface area (TPSA) is 102 Å². The summed E-state index contributed by atoms with van der Waals surface area (Å²) in [5.41, 5.74) is 6.37. The van der Waals surface area contributed by atoms with Gasteiger partial charge in [-0.05, 0) is 6.92 Å². The van der Waals surface area contributed by atoms with Crippen molar-refractivity contribution < 1.29 is 14.6 Å². The number of hydrogen-bond acceptors (Lipinski definition) is 5. The fourth-order valence-corrected chi connectivity index (χ4v) is 1.57. The van der Waals surface area contributed by atoms with Crippen LogP contribution >= 0.6 is 0 Å². The van der Waals surface area contributed by atoms with Crippen LogP contribution < -0.4 is 11.1 Å². The number of methoxy groups -OCH3 is 1. The van der Waals surface area contributed by atoms with Gasteiger partial charge in [-0.1, -0.05) is 0 Å². The minimum atomic E-state index is -0.540. The van der Waals surface area contributed by atoms with Gasteiger partial charge in [0.25, 0.3) is 0 Å². The predicted molar refractivity (Wildman–Crippen MR) is 65.8 cm³/mol. The van der Waals surface area contributed by atoms with E-state index in [2.05, 4.69) is 10.3 Å². The van der Waals surface area contributed by atoms with Crippen molar-refractivity contribution in [2.45, 2.75) is 19.0 Å². The van der Waals surface area contributed by atoms with E-state index in [-0.39, 0.29) is 12.5 Å². The fourth-order valence-electron chi connectivity index (χ4n) is 1.57. The molecule has 0 spiro atoms. The van der Waals surface area contributed by atoms with Crippen LogP contribution in [0.1, 0.15) is 24.7 Å². The molecule has 102 valence electrons. The number of aliphatic hydroxyl groups is 1. The van der Waals surface area contributed by atoms with Gasteiger partial charge in [-0.15, -0.1) is 0 Å². The van der Waals surface area contributed by atoms with E-state index in [1.54, 1.807) is 24.8 Å². The van der Waals surface area contributed by atoms with Gasteiger partial charge >= 0.3 is 0 Å². The van der Waals surface area contributed by atoms with Crippen LogP contribution in [0, 0.1) is 0 Å². The third-order valence-corrected chi connectivity index (χ3v) is 2.67. The molecule has 4 N–H and O–H groups in total. The number of carbonyl (C=O) groups excluding carboxylic acids is 1. The van der Waals surface area contributed by atoms with E-state index < -0.39 is 12.1 Å². The highest BCUT2D eigenvalue weighted by molar-refractivity contribution is 5.79. The van der Waals surface area contributed by atoms with Gasteiger partial charge in [0.1, 0.15) is 6.04 Å². The summed E-state index contributed by atoms with van der Waals surface area (Å²) in [7, 11) is 1.57. The maximum atomic E-state index is 11.9. The molecule has 0 aromatic carbocycles. The Morgan fingerprint density at radius 1 is 1.72 bits per heavy atom. The zero-order chi connectivity index (χ0) is 13.5. The molecule has 0 aliphatic rings. The van der Waals surface area contributed by atoms with Crippen LogP contribution in [0.4, 0.5) is 0 Å². The molecule has 2 atom stereocenters. The quantitative estimate of drug-likeness (QED) is 0.554. The number of aliphatic hydroxyl groups excluding tert-OH is 1. The molecule has 7 nitrogen and oxygen atoms in total. The molecule has 0 bridgehead atoms. The van der Waals surface area contributed by atoms with Crippen molar-refractivity contribution in [2.24, 2.45) is 5.73 Å². The van der Waals surface area contributed by atoms with Crippen molar-refractivity contribution in [1.82, 2.24) is 14.9 Å². The van der Waals surface area contributed by atoms with Gasteiger partial charge in [0.05, 0.1) is 31.3 Å². The van der Waals surface area contributed by atoms with Crippen molar-refractivity contribution in [1.29, 1.82) is 0 Å². The SMILES string of the molecule is COCCNC(=O)C(C)n1cncc1C(N)CO. The average molecular weight is 256 g/mol. The van der Waals surface area contributed by atoms with Crippen molar-refractivity contribution in [3.05, 3.63) is 18.2 Å². The maximum Gasteiger partial charge on any atom is 0.242 e. The summed E-state index contributed by atoms with van der Waals surface area (Å²) >= 11 is 0. The van der Waals surface area contributed by atoms with Crippen LogP contribution in [0.15, 0.2) is 12.5 Å². The molecule has 1 aromatic rings. The standard InChI is InChI=1S/C11H20N4O3/c1-8(11(17)14-3-4-18-2)15-7-13-5-10(15)9(12)6-16/h5,7-9,16H,3-4,6,12H2,1-2H3,(H,14,17). The number of carbonyl (C=O) groups is 1. The normalized spacial score (nSPS) is 14.2. The van der Waals surface area contributed by atoms with Crippen LogP contribution in [0.3, 0.4) is 0 Å². The Kier molecular flexibility index (Phi) is 5.76. The fraction of sp³-hybridized carbons (Fsp3) is 0.636. The Morgan fingerprint density at radius 3 is 3.06 bits per heavy atom. The molecule has 0 aliphatic carbocycles. The minimum Gasteiger partial charge on any atom is -0.394 e. The summed E-state index contributed by atoms with van der Waals surface area (Å²) in [6.07, 6.45) is 3.09. The molecule has 0 aliphatic heterocycles. The molecule has 1 rings (SSSR count). The molecule has 18 heavy (non-hydrogen) atoms. The second kappa shape index (κ2) is 7.10. The van der Waals surface area contributed by atoms with E-state index in [4.69, 9.17) is 15.6 Å². The molecular formula is C11H20N4O3. The van der Waals surface area contributed by atoms with Gasteiger partial charge in [-0.3, -0.25) is 4.79 Å². The largest absolute Gasteiger partial charge is 0.394 e. The Labute approximate surface area is 106 Å². The highest BCUT2D eigenvalue weighted by Crippen LogP contribution is 2.15. The Hall–Kier alpha value is -1.44. The zero-order valence-corrected chi connectivity index (χ0v) is 10.7. The summed E-state index contributed by atoms with van der Waals surface area (Å²) in [4.78, 5) is 15.8. The van der Waals surface area contributed by atoms with E-state index in [9.17, 15) is 4.79 Å². The highest BCUT2D eigenvalue weighted by atomic mass is 16.5. The lowest BCUT2D eigenvalue weighted by Gasteiger charge is -2.18. The predicted octanol–water partition coefficient (Wildman–Crippen LogP) is -0.801. The van der Waals surface area contributed by atoms with Crippen molar-refractivity contribution in [2.75, 3.05) is 26.9 Å². The van der Waals surface area contributed by atoms with Gasteiger partial charge in [-0.25, -0.2) is 4.98 Å². The number of nitrogens with zero attached hydrogens (tertiary/aromatic N) is 2. The van der Waals surface area contributed by atoms with Crippen LogP contribution in [-0.2, 0) is 9.53 Å². The highest BCUT2D eigenvalue weighted by Gasteiger charge is 2.19. The third kappa shape index (κ3) is 3.52. The van der Waals surface area contributed by atoms with E-state index in [0.29, 0.717) is 18.8 Å². The van der Waals surface area contributed by atoms with E-state index >= 15 is 0 Å². The number of imidazole rings is 1. The summed E-state index contributed by atoms with van der Waals surface area (Å²) in [5.74, 6) is -0.142. The summed E-state index contributed by atoms with van der Waals surface area (Å²) in [5, 5.41) is 11.8. The van der Waals surface area contributed by atoms with Crippen molar-refractivity contribution >= 4 is 5.91 Å². The second-order valence-electron chi connectivity index (χ2n) is 3.97. The minimum absolute atomic E-state index is 0.142. The summed E-state index contributed by atoms with van der Waals surface area (Å²) in [6.45, 7) is 2.47. The molecule has 1 aromatic heterocycles. The Balaban J connectivity index is 2.68.